The van der Waals surface area contributed by atoms with Crippen molar-refractivity contribution in [3.8, 4) is 22.6 Å². The molecule has 0 saturated carbocycles. The maximum atomic E-state index is 13.6. The first kappa shape index (κ1) is 23.9. The van der Waals surface area contributed by atoms with Gasteiger partial charge in [-0.15, -0.1) is 0 Å². The Morgan fingerprint density at radius 2 is 1.84 bits per heavy atom. The largest absolute Gasteiger partial charge is 0.487 e. The average Bonchev–Trinajstić information content (AvgIpc) is 2.74. The molecule has 0 unspecified atom stereocenters. The van der Waals surface area contributed by atoms with Crippen molar-refractivity contribution in [1.29, 1.82) is 0 Å². The summed E-state index contributed by atoms with van der Waals surface area (Å²) >= 11 is 5.85. The predicted octanol–water partition coefficient (Wildman–Crippen LogP) is 3.49. The topological polar surface area (TPSA) is 98.5 Å². The van der Waals surface area contributed by atoms with Crippen LogP contribution in [0.3, 0.4) is 0 Å². The highest BCUT2D eigenvalue weighted by molar-refractivity contribution is 7.90. The summed E-state index contributed by atoms with van der Waals surface area (Å²) in [5.74, 6) is -0.679. The Kier molecular flexibility index (Phi) is 6.73. The molecule has 7 nitrogen and oxygen atoms in total. The lowest BCUT2D eigenvalue weighted by atomic mass is 9.96. The normalized spacial score (nSPS) is 12.1. The SMILES string of the molecule is CC(C)(CO)COc1c(-c2ccc(S(C)(=O)=O)cc2)cnn(-c2ccc(F)c(Cl)c2)c1=O. The highest BCUT2D eigenvalue weighted by Crippen LogP contribution is 2.29. The Labute approximate surface area is 190 Å². The van der Waals surface area contributed by atoms with Crippen molar-refractivity contribution in [1.82, 2.24) is 9.78 Å². The van der Waals surface area contributed by atoms with Gasteiger partial charge in [-0.05, 0) is 35.9 Å². The molecule has 0 aliphatic heterocycles. The van der Waals surface area contributed by atoms with Gasteiger partial charge in [-0.2, -0.15) is 9.78 Å². The minimum Gasteiger partial charge on any atom is -0.487 e. The Morgan fingerprint density at radius 3 is 2.41 bits per heavy atom. The number of hydrogen-bond donors (Lipinski definition) is 1. The lowest BCUT2D eigenvalue weighted by Crippen LogP contribution is -2.29. The van der Waals surface area contributed by atoms with Crippen LogP contribution in [0.15, 0.2) is 58.4 Å². The van der Waals surface area contributed by atoms with E-state index < -0.39 is 26.6 Å². The van der Waals surface area contributed by atoms with Gasteiger partial charge in [0.2, 0.25) is 0 Å². The van der Waals surface area contributed by atoms with Gasteiger partial charge in [0.25, 0.3) is 0 Å². The fraction of sp³-hybridized carbons (Fsp3) is 0.273. The summed E-state index contributed by atoms with van der Waals surface area (Å²) in [6, 6.07) is 9.71. The van der Waals surface area contributed by atoms with E-state index in [-0.39, 0.29) is 34.6 Å². The van der Waals surface area contributed by atoms with E-state index >= 15 is 0 Å². The van der Waals surface area contributed by atoms with Gasteiger partial charge in [0.1, 0.15) is 5.82 Å². The van der Waals surface area contributed by atoms with Crippen LogP contribution in [0.1, 0.15) is 13.8 Å². The minimum absolute atomic E-state index is 0.0291. The standard InChI is InChI=1S/C22H22ClFN2O5S/c1-22(2,12-27)13-31-20-17(14-4-7-16(8-5-14)32(3,29)30)11-25-26(21(20)28)15-6-9-19(24)18(23)10-15/h4-11,27H,12-13H2,1-3H3. The van der Waals surface area contributed by atoms with Crippen LogP contribution >= 0.6 is 11.6 Å². The van der Waals surface area contributed by atoms with Crippen LogP contribution in [0.2, 0.25) is 5.02 Å². The van der Waals surface area contributed by atoms with Gasteiger partial charge in [-0.3, -0.25) is 4.79 Å². The number of halogens is 2. The molecule has 2 aromatic carbocycles. The van der Waals surface area contributed by atoms with E-state index in [1.807, 2.05) is 0 Å². The van der Waals surface area contributed by atoms with Crippen LogP contribution in [0.4, 0.5) is 4.39 Å². The van der Waals surface area contributed by atoms with Crippen LogP contribution in [0.25, 0.3) is 16.8 Å². The quantitative estimate of drug-likeness (QED) is 0.555. The number of ether oxygens (including phenoxy) is 1. The maximum absolute atomic E-state index is 13.6. The zero-order valence-electron chi connectivity index (χ0n) is 17.7. The highest BCUT2D eigenvalue weighted by atomic mass is 35.5. The minimum atomic E-state index is -3.39. The molecular weight excluding hydrogens is 459 g/mol. The van der Waals surface area contributed by atoms with Crippen LogP contribution in [-0.4, -0.2) is 42.8 Å². The van der Waals surface area contributed by atoms with E-state index in [2.05, 4.69) is 5.10 Å². The first-order valence-corrected chi connectivity index (χ1v) is 11.8. The average molecular weight is 481 g/mol. The van der Waals surface area contributed by atoms with Gasteiger partial charge < -0.3 is 9.84 Å². The van der Waals surface area contributed by atoms with E-state index in [9.17, 15) is 22.7 Å². The molecule has 0 aliphatic rings. The Bertz CT molecular complexity index is 1300. The zero-order chi connectivity index (χ0) is 23.7. The second-order valence-electron chi connectivity index (χ2n) is 8.11. The van der Waals surface area contributed by atoms with E-state index in [4.69, 9.17) is 16.3 Å². The molecule has 0 saturated heterocycles. The summed E-state index contributed by atoms with van der Waals surface area (Å²) in [7, 11) is -3.39. The molecule has 0 amide bonds. The van der Waals surface area contributed by atoms with Crippen LogP contribution in [0.5, 0.6) is 5.75 Å². The number of benzene rings is 2. The van der Waals surface area contributed by atoms with E-state index in [0.717, 1.165) is 17.0 Å². The van der Waals surface area contributed by atoms with Crippen molar-refractivity contribution >= 4 is 21.4 Å². The summed E-state index contributed by atoms with van der Waals surface area (Å²) < 4.78 is 43.9. The number of rotatable bonds is 7. The Morgan fingerprint density at radius 1 is 1.19 bits per heavy atom. The molecular formula is C22H22ClFN2O5S. The zero-order valence-corrected chi connectivity index (χ0v) is 19.2. The van der Waals surface area contributed by atoms with Crippen molar-refractivity contribution in [2.45, 2.75) is 18.7 Å². The van der Waals surface area contributed by atoms with Crippen LogP contribution in [-0.2, 0) is 9.84 Å². The molecule has 170 valence electrons. The highest BCUT2D eigenvalue weighted by Gasteiger charge is 2.22. The molecule has 1 N–H and O–H groups in total. The third kappa shape index (κ3) is 5.17. The van der Waals surface area contributed by atoms with Gasteiger partial charge in [-0.1, -0.05) is 37.6 Å². The third-order valence-corrected chi connectivity index (χ3v) is 6.13. The summed E-state index contributed by atoms with van der Waals surface area (Å²) in [6.07, 6.45) is 2.50. The first-order chi connectivity index (χ1) is 14.9. The summed E-state index contributed by atoms with van der Waals surface area (Å²) in [6.45, 7) is 3.40. The second kappa shape index (κ2) is 9.01. The number of aliphatic hydroxyl groups excluding tert-OH is 1. The second-order valence-corrected chi connectivity index (χ2v) is 10.5. The molecule has 1 aromatic heterocycles. The molecule has 0 aliphatic carbocycles. The molecule has 3 rings (SSSR count). The molecule has 3 aromatic rings. The Hall–Kier alpha value is -2.75. The van der Waals surface area contributed by atoms with Crippen molar-refractivity contribution in [3.63, 3.8) is 0 Å². The predicted molar refractivity (Wildman–Crippen MR) is 120 cm³/mol. The summed E-state index contributed by atoms with van der Waals surface area (Å²) in [5.41, 5.74) is -0.147. The number of aliphatic hydroxyl groups is 1. The van der Waals surface area contributed by atoms with Gasteiger partial charge in [0.15, 0.2) is 15.6 Å². The fourth-order valence-electron chi connectivity index (χ4n) is 2.78. The lowest BCUT2D eigenvalue weighted by molar-refractivity contribution is 0.0968. The number of nitrogens with zero attached hydrogens (tertiary/aromatic N) is 2. The smallest absolute Gasteiger partial charge is 0.314 e. The molecule has 0 atom stereocenters. The summed E-state index contributed by atoms with van der Waals surface area (Å²) in [4.78, 5) is 13.4. The van der Waals surface area contributed by atoms with E-state index in [1.54, 1.807) is 26.0 Å². The first-order valence-electron chi connectivity index (χ1n) is 9.55. The van der Waals surface area contributed by atoms with Gasteiger partial charge >= 0.3 is 5.56 Å². The number of aromatic nitrogens is 2. The van der Waals surface area contributed by atoms with Gasteiger partial charge in [0, 0.05) is 17.2 Å². The molecule has 10 heteroatoms. The van der Waals surface area contributed by atoms with Crippen LogP contribution < -0.4 is 10.3 Å². The van der Waals surface area contributed by atoms with Crippen molar-refractivity contribution in [2.75, 3.05) is 19.5 Å². The monoisotopic (exact) mass is 480 g/mol. The van der Waals surface area contributed by atoms with Gasteiger partial charge in [-0.25, -0.2) is 12.8 Å². The van der Waals surface area contributed by atoms with Crippen molar-refractivity contribution in [3.05, 3.63) is 69.9 Å². The molecule has 0 bridgehead atoms. The van der Waals surface area contributed by atoms with Gasteiger partial charge in [0.05, 0.1) is 35.0 Å². The van der Waals surface area contributed by atoms with E-state index in [1.165, 1.54) is 30.5 Å². The molecule has 32 heavy (non-hydrogen) atoms. The molecule has 0 radical (unpaired) electrons. The summed E-state index contributed by atoms with van der Waals surface area (Å²) in [5, 5.41) is 13.5. The molecule has 1 heterocycles. The molecule has 0 fully saturated rings. The fourth-order valence-corrected chi connectivity index (χ4v) is 3.58. The Balaban J connectivity index is 2.15. The lowest BCUT2D eigenvalue weighted by Gasteiger charge is -2.22. The van der Waals surface area contributed by atoms with E-state index in [0.29, 0.717) is 11.1 Å². The van der Waals surface area contributed by atoms with Crippen LogP contribution in [0, 0.1) is 11.2 Å². The third-order valence-electron chi connectivity index (χ3n) is 4.71. The number of sulfone groups is 1. The van der Waals surface area contributed by atoms with Crippen molar-refractivity contribution < 1.29 is 22.7 Å². The maximum Gasteiger partial charge on any atom is 0.314 e. The van der Waals surface area contributed by atoms with Crippen molar-refractivity contribution in [2.24, 2.45) is 5.41 Å². The number of hydrogen-bond acceptors (Lipinski definition) is 6. The molecule has 0 spiro atoms.